The first kappa shape index (κ1) is 14.2. The quantitative estimate of drug-likeness (QED) is 0.771. The minimum atomic E-state index is -2.95. The Bertz CT molecular complexity index is 511. The van der Waals surface area contributed by atoms with Gasteiger partial charge in [0.25, 0.3) is 0 Å². The van der Waals surface area contributed by atoms with E-state index in [1.807, 2.05) is 7.05 Å². The van der Waals surface area contributed by atoms with Gasteiger partial charge in [-0.2, -0.15) is 0 Å². The lowest BCUT2D eigenvalue weighted by molar-refractivity contribution is 0.601. The molecule has 0 aliphatic heterocycles. The molecule has 6 nitrogen and oxygen atoms in total. The molecule has 0 bridgehead atoms. The van der Waals surface area contributed by atoms with Crippen LogP contribution in [0, 0.1) is 0 Å². The number of hydrogen-bond acceptors (Lipinski definition) is 6. The average molecular weight is 284 g/mol. The van der Waals surface area contributed by atoms with E-state index in [4.69, 9.17) is 0 Å². The van der Waals surface area contributed by atoms with Gasteiger partial charge in [-0.1, -0.05) is 0 Å². The molecule has 1 heterocycles. The molecule has 0 saturated heterocycles. The molecule has 0 spiro atoms. The molecule has 1 fully saturated rings. The average Bonchev–Trinajstić information content (AvgIpc) is 3.17. The molecule has 1 aliphatic carbocycles. The van der Waals surface area contributed by atoms with Gasteiger partial charge < -0.3 is 10.2 Å². The Kier molecular flexibility index (Phi) is 4.36. The molecule has 0 unspecified atom stereocenters. The zero-order valence-electron chi connectivity index (χ0n) is 11.3. The molecule has 19 heavy (non-hydrogen) atoms. The van der Waals surface area contributed by atoms with Crippen LogP contribution in [0.5, 0.6) is 0 Å². The number of hydrogen-bond donors (Lipinski definition) is 1. The third-order valence-corrected chi connectivity index (χ3v) is 3.95. The van der Waals surface area contributed by atoms with Crippen molar-refractivity contribution in [3.05, 3.63) is 18.1 Å². The van der Waals surface area contributed by atoms with E-state index in [1.54, 1.807) is 17.3 Å². The fraction of sp³-hybridized carbons (Fsp3) is 0.667. The minimum absolute atomic E-state index is 0.121. The largest absolute Gasteiger partial charge is 0.357 e. The number of rotatable bonds is 7. The molecule has 1 N–H and O–H groups in total. The Morgan fingerprint density at radius 3 is 2.63 bits per heavy atom. The van der Waals surface area contributed by atoms with Crippen molar-refractivity contribution in [3.8, 4) is 0 Å². The van der Waals surface area contributed by atoms with Crippen molar-refractivity contribution in [2.24, 2.45) is 0 Å². The summed E-state index contributed by atoms with van der Waals surface area (Å²) in [7, 11) is -1.13. The summed E-state index contributed by atoms with van der Waals surface area (Å²) < 4.78 is 22.2. The first-order valence-corrected chi connectivity index (χ1v) is 8.43. The molecule has 1 aliphatic rings. The predicted octanol–water partition coefficient (Wildman–Crippen LogP) is 0.209. The first-order chi connectivity index (χ1) is 8.94. The zero-order valence-corrected chi connectivity index (χ0v) is 12.2. The van der Waals surface area contributed by atoms with E-state index in [2.05, 4.69) is 15.3 Å². The second-order valence-electron chi connectivity index (χ2n) is 5.07. The van der Waals surface area contributed by atoms with E-state index in [1.165, 1.54) is 19.1 Å². The summed E-state index contributed by atoms with van der Waals surface area (Å²) in [6.07, 6.45) is 7.16. The molecule has 0 atom stereocenters. The van der Waals surface area contributed by atoms with E-state index < -0.39 is 9.84 Å². The summed E-state index contributed by atoms with van der Waals surface area (Å²) in [6, 6.07) is 0.652. The minimum Gasteiger partial charge on any atom is -0.357 e. The maximum absolute atomic E-state index is 11.1. The highest BCUT2D eigenvalue weighted by Gasteiger charge is 2.20. The van der Waals surface area contributed by atoms with Crippen molar-refractivity contribution in [1.29, 1.82) is 0 Å². The lowest BCUT2D eigenvalue weighted by Gasteiger charge is -2.17. The molecule has 0 aromatic carbocycles. The van der Waals surface area contributed by atoms with Gasteiger partial charge in [0.1, 0.15) is 15.7 Å². The fourth-order valence-electron chi connectivity index (χ4n) is 1.59. The van der Waals surface area contributed by atoms with E-state index in [0.717, 1.165) is 12.2 Å². The van der Waals surface area contributed by atoms with Crippen molar-refractivity contribution < 1.29 is 8.42 Å². The number of anilines is 1. The Hall–Kier alpha value is -1.21. The Balaban J connectivity index is 1.85. The molecular formula is C12H20N4O2S. The maximum atomic E-state index is 11.1. The van der Waals surface area contributed by atoms with Gasteiger partial charge in [0.2, 0.25) is 0 Å². The highest BCUT2D eigenvalue weighted by atomic mass is 32.2. The molecule has 1 aromatic heterocycles. The Morgan fingerprint density at radius 2 is 2.11 bits per heavy atom. The molecule has 7 heteroatoms. The van der Waals surface area contributed by atoms with Gasteiger partial charge in [-0.3, -0.25) is 4.98 Å². The van der Waals surface area contributed by atoms with Crippen molar-refractivity contribution in [3.63, 3.8) is 0 Å². The number of sulfone groups is 1. The van der Waals surface area contributed by atoms with E-state index >= 15 is 0 Å². The maximum Gasteiger partial charge on any atom is 0.149 e. The SMILES string of the molecule is CN(CCS(C)(=O)=O)c1cnc(CNC2CC2)cn1. The Morgan fingerprint density at radius 1 is 1.37 bits per heavy atom. The third-order valence-electron chi connectivity index (χ3n) is 3.03. The van der Waals surface area contributed by atoms with Crippen LogP contribution in [0.1, 0.15) is 18.5 Å². The fourth-order valence-corrected chi connectivity index (χ4v) is 2.20. The van der Waals surface area contributed by atoms with Gasteiger partial charge in [-0.15, -0.1) is 0 Å². The summed E-state index contributed by atoms with van der Waals surface area (Å²) in [5, 5.41) is 3.37. The van der Waals surface area contributed by atoms with Crippen LogP contribution in [-0.4, -0.2) is 50.0 Å². The predicted molar refractivity (Wildman–Crippen MR) is 74.9 cm³/mol. The monoisotopic (exact) mass is 284 g/mol. The lowest BCUT2D eigenvalue weighted by Crippen LogP contribution is -2.26. The molecule has 0 radical (unpaired) electrons. The molecule has 1 saturated carbocycles. The molecular weight excluding hydrogens is 264 g/mol. The van der Waals surface area contributed by atoms with Crippen LogP contribution < -0.4 is 10.2 Å². The van der Waals surface area contributed by atoms with Crippen molar-refractivity contribution >= 4 is 15.7 Å². The van der Waals surface area contributed by atoms with Crippen LogP contribution >= 0.6 is 0 Å². The zero-order chi connectivity index (χ0) is 13.9. The normalized spacial score (nSPS) is 15.5. The van der Waals surface area contributed by atoms with Crippen LogP contribution in [0.15, 0.2) is 12.4 Å². The third kappa shape index (κ3) is 5.12. The standard InChI is InChI=1S/C12H20N4O2S/c1-16(5-6-19(2,17)18)12-9-14-11(8-15-12)7-13-10-3-4-10/h8-10,13H,3-7H2,1-2H3. The Labute approximate surface area is 114 Å². The number of aromatic nitrogens is 2. The summed E-state index contributed by atoms with van der Waals surface area (Å²) in [5.74, 6) is 0.815. The summed E-state index contributed by atoms with van der Waals surface area (Å²) in [4.78, 5) is 10.4. The van der Waals surface area contributed by atoms with E-state index in [9.17, 15) is 8.42 Å². The summed E-state index contributed by atoms with van der Waals surface area (Å²) in [5.41, 5.74) is 0.909. The van der Waals surface area contributed by atoms with Crippen LogP contribution in [0.4, 0.5) is 5.82 Å². The summed E-state index contributed by atoms with van der Waals surface area (Å²) >= 11 is 0. The van der Waals surface area contributed by atoms with Crippen LogP contribution in [0.3, 0.4) is 0 Å². The van der Waals surface area contributed by atoms with Crippen LogP contribution in [0.25, 0.3) is 0 Å². The molecule has 106 valence electrons. The van der Waals surface area contributed by atoms with Crippen molar-refractivity contribution in [2.45, 2.75) is 25.4 Å². The van der Waals surface area contributed by atoms with Crippen LogP contribution in [0.2, 0.25) is 0 Å². The van der Waals surface area contributed by atoms with E-state index in [0.29, 0.717) is 18.4 Å². The van der Waals surface area contributed by atoms with Gasteiger partial charge in [0.05, 0.1) is 23.8 Å². The highest BCUT2D eigenvalue weighted by molar-refractivity contribution is 7.90. The molecule has 1 aromatic rings. The van der Waals surface area contributed by atoms with Crippen molar-refractivity contribution in [1.82, 2.24) is 15.3 Å². The van der Waals surface area contributed by atoms with Crippen LogP contribution in [-0.2, 0) is 16.4 Å². The van der Waals surface area contributed by atoms with Gasteiger partial charge in [-0.25, -0.2) is 13.4 Å². The topological polar surface area (TPSA) is 75.2 Å². The van der Waals surface area contributed by atoms with Gasteiger partial charge >= 0.3 is 0 Å². The second-order valence-corrected chi connectivity index (χ2v) is 7.33. The first-order valence-electron chi connectivity index (χ1n) is 6.37. The number of nitrogens with one attached hydrogen (secondary N) is 1. The smallest absolute Gasteiger partial charge is 0.149 e. The van der Waals surface area contributed by atoms with Gasteiger partial charge in [0.15, 0.2) is 0 Å². The van der Waals surface area contributed by atoms with E-state index in [-0.39, 0.29) is 5.75 Å². The lowest BCUT2D eigenvalue weighted by atomic mass is 10.4. The highest BCUT2D eigenvalue weighted by Crippen LogP contribution is 2.19. The number of nitrogens with zero attached hydrogens (tertiary/aromatic N) is 3. The molecule has 2 rings (SSSR count). The second kappa shape index (κ2) is 5.83. The molecule has 0 amide bonds. The summed E-state index contributed by atoms with van der Waals surface area (Å²) in [6.45, 7) is 1.16. The van der Waals surface area contributed by atoms with Gasteiger partial charge in [-0.05, 0) is 12.8 Å². The van der Waals surface area contributed by atoms with Gasteiger partial charge in [0, 0.05) is 32.4 Å². The van der Waals surface area contributed by atoms with Crippen molar-refractivity contribution in [2.75, 3.05) is 30.5 Å².